The van der Waals surface area contributed by atoms with Gasteiger partial charge in [-0.15, -0.1) is 0 Å². The second-order valence-electron chi connectivity index (χ2n) is 2.90. The van der Waals surface area contributed by atoms with Crippen LogP contribution in [0.2, 0.25) is 0 Å². The molecule has 0 saturated carbocycles. The molecule has 1 aromatic heterocycles. The summed E-state index contributed by atoms with van der Waals surface area (Å²) in [5.41, 5.74) is 0. The van der Waals surface area contributed by atoms with Crippen molar-refractivity contribution in [2.45, 2.75) is 32.2 Å². The van der Waals surface area contributed by atoms with E-state index in [2.05, 4.69) is 0 Å². The highest BCUT2D eigenvalue weighted by Crippen LogP contribution is 1.98. The van der Waals surface area contributed by atoms with Crippen LogP contribution < -0.4 is 17.0 Å². The molecule has 1 aromatic rings. The van der Waals surface area contributed by atoms with Crippen molar-refractivity contribution in [1.29, 1.82) is 0 Å². The molecule has 0 spiro atoms. The highest BCUT2D eigenvalue weighted by molar-refractivity contribution is 4.47. The second kappa shape index (κ2) is 8.08. The number of aryl methyl sites for hydroxylation is 1. The van der Waals surface area contributed by atoms with Gasteiger partial charge in [0, 0.05) is 13.0 Å². The lowest BCUT2D eigenvalue weighted by Gasteiger charge is -1.94. The van der Waals surface area contributed by atoms with Crippen LogP contribution in [0.15, 0.2) is 23.3 Å². The first-order valence-corrected chi connectivity index (χ1v) is 4.45. The van der Waals surface area contributed by atoms with E-state index in [4.69, 9.17) is 9.52 Å². The largest absolute Gasteiger partial charge is 1.00 e. The average Bonchev–Trinajstić information content (AvgIpc) is 2.57. The van der Waals surface area contributed by atoms with Crippen LogP contribution in [0.3, 0.4) is 0 Å². The highest BCUT2D eigenvalue weighted by atomic mass is 35.5. The van der Waals surface area contributed by atoms with Crippen LogP contribution in [0.5, 0.6) is 0 Å². The number of nitrogens with zero attached hydrogens (tertiary/aromatic N) is 1. The third kappa shape index (κ3) is 5.66. The smallest absolute Gasteiger partial charge is 0.334 e. The van der Waals surface area contributed by atoms with Gasteiger partial charge in [0.05, 0.1) is 0 Å². The van der Waals surface area contributed by atoms with Crippen LogP contribution in [0, 0.1) is 0 Å². The molecule has 0 amide bonds. The summed E-state index contributed by atoms with van der Waals surface area (Å²) in [5.74, 6) is 0. The van der Waals surface area contributed by atoms with Crippen molar-refractivity contribution in [2.75, 3.05) is 6.61 Å². The number of hydrogen-bond donors (Lipinski definition) is 1. The quantitative estimate of drug-likeness (QED) is 0.436. The fourth-order valence-electron chi connectivity index (χ4n) is 1.15. The zero-order valence-corrected chi connectivity index (χ0v) is 8.41. The van der Waals surface area contributed by atoms with E-state index >= 15 is 0 Å². The van der Waals surface area contributed by atoms with Crippen LogP contribution in [0.1, 0.15) is 25.7 Å². The molecule has 0 bridgehead atoms. The van der Waals surface area contributed by atoms with Gasteiger partial charge in [0.25, 0.3) is 0 Å². The van der Waals surface area contributed by atoms with Crippen LogP contribution in [-0.2, 0) is 6.54 Å². The predicted octanol–water partition coefficient (Wildman–Crippen LogP) is -1.88. The molecule has 0 atom stereocenters. The van der Waals surface area contributed by atoms with Crippen LogP contribution in [-0.4, -0.2) is 11.7 Å². The monoisotopic (exact) mass is 205 g/mol. The summed E-state index contributed by atoms with van der Waals surface area (Å²) >= 11 is 0. The van der Waals surface area contributed by atoms with Crippen molar-refractivity contribution >= 4 is 0 Å². The number of hydrogen-bond acceptors (Lipinski definition) is 2. The first-order chi connectivity index (χ1) is 5.93. The number of aliphatic hydroxyl groups excluding tert-OH is 1. The topological polar surface area (TPSA) is 37.2 Å². The Balaban J connectivity index is 0.00000144. The lowest BCUT2D eigenvalue weighted by molar-refractivity contribution is -0.700. The van der Waals surface area contributed by atoms with E-state index in [0.717, 1.165) is 25.8 Å². The Labute approximate surface area is 84.8 Å². The van der Waals surface area contributed by atoms with Crippen LogP contribution in [0.4, 0.5) is 0 Å². The Hall–Kier alpha value is -0.540. The van der Waals surface area contributed by atoms with E-state index in [9.17, 15) is 0 Å². The van der Waals surface area contributed by atoms with Crippen LogP contribution >= 0.6 is 0 Å². The maximum atomic E-state index is 8.53. The molecule has 0 unspecified atom stereocenters. The standard InChI is InChI=1S/C9H16NO2.ClH/c11-7-4-2-1-3-5-10-6-8-12-9-10;/h6,8-9,11H,1-5,7H2;1H/q+1;/p-1. The number of oxazole rings is 1. The van der Waals surface area contributed by atoms with Gasteiger partial charge >= 0.3 is 6.39 Å². The van der Waals surface area contributed by atoms with Gasteiger partial charge < -0.3 is 21.9 Å². The van der Waals surface area contributed by atoms with E-state index in [1.165, 1.54) is 6.42 Å². The number of aliphatic hydroxyl groups is 1. The maximum absolute atomic E-state index is 8.53. The summed E-state index contributed by atoms with van der Waals surface area (Å²) in [6.07, 6.45) is 9.69. The minimum absolute atomic E-state index is 0. The fourth-order valence-corrected chi connectivity index (χ4v) is 1.15. The molecule has 3 nitrogen and oxygen atoms in total. The number of halogens is 1. The van der Waals surface area contributed by atoms with Crippen LogP contribution in [0.25, 0.3) is 0 Å². The SMILES string of the molecule is OCCCCCC[n+]1ccoc1.[Cl-]. The Kier molecular flexibility index (Phi) is 7.74. The summed E-state index contributed by atoms with van der Waals surface area (Å²) in [7, 11) is 0. The van der Waals surface area contributed by atoms with Crippen molar-refractivity contribution in [2.24, 2.45) is 0 Å². The second-order valence-corrected chi connectivity index (χ2v) is 2.90. The number of rotatable bonds is 6. The van der Waals surface area contributed by atoms with Gasteiger partial charge in [-0.25, -0.2) is 0 Å². The molecule has 0 radical (unpaired) electrons. The Morgan fingerprint density at radius 3 is 2.54 bits per heavy atom. The summed E-state index contributed by atoms with van der Waals surface area (Å²) in [6.45, 7) is 1.33. The first-order valence-electron chi connectivity index (χ1n) is 4.45. The predicted molar refractivity (Wildman–Crippen MR) is 44.5 cm³/mol. The fraction of sp³-hybridized carbons (Fsp3) is 0.667. The Bertz CT molecular complexity index is 190. The highest BCUT2D eigenvalue weighted by Gasteiger charge is 1.99. The summed E-state index contributed by atoms with van der Waals surface area (Å²) < 4.78 is 6.94. The summed E-state index contributed by atoms with van der Waals surface area (Å²) in [4.78, 5) is 0. The Morgan fingerprint density at radius 1 is 1.15 bits per heavy atom. The zero-order valence-electron chi connectivity index (χ0n) is 7.66. The minimum atomic E-state index is 0. The Morgan fingerprint density at radius 2 is 1.92 bits per heavy atom. The zero-order chi connectivity index (χ0) is 8.65. The number of unbranched alkanes of at least 4 members (excludes halogenated alkanes) is 3. The van der Waals surface area contributed by atoms with Gasteiger partial charge in [0.1, 0.15) is 0 Å². The first kappa shape index (κ1) is 12.5. The lowest BCUT2D eigenvalue weighted by Crippen LogP contribution is -3.00. The third-order valence-corrected chi connectivity index (χ3v) is 1.85. The van der Waals surface area contributed by atoms with Crippen molar-refractivity contribution < 1.29 is 26.5 Å². The normalized spacial score (nSPS) is 9.62. The van der Waals surface area contributed by atoms with E-state index in [-0.39, 0.29) is 12.4 Å². The molecule has 0 saturated heterocycles. The van der Waals surface area contributed by atoms with E-state index < -0.39 is 0 Å². The molecule has 1 heterocycles. The molecule has 1 N–H and O–H groups in total. The third-order valence-electron chi connectivity index (χ3n) is 1.85. The molecule has 1 rings (SSSR count). The minimum Gasteiger partial charge on any atom is -1.00 e. The summed E-state index contributed by atoms with van der Waals surface area (Å²) in [5, 5.41) is 8.53. The number of aromatic nitrogens is 1. The van der Waals surface area contributed by atoms with Gasteiger partial charge in [-0.3, -0.25) is 0 Å². The van der Waals surface area contributed by atoms with Gasteiger partial charge in [-0.05, 0) is 12.8 Å². The average molecular weight is 206 g/mol. The molecule has 0 aromatic carbocycles. The molecule has 0 fully saturated rings. The lowest BCUT2D eigenvalue weighted by atomic mass is 10.2. The maximum Gasteiger partial charge on any atom is 0.334 e. The van der Waals surface area contributed by atoms with Gasteiger partial charge in [-0.1, -0.05) is 6.42 Å². The van der Waals surface area contributed by atoms with Gasteiger partial charge in [0.2, 0.25) is 6.20 Å². The van der Waals surface area contributed by atoms with Gasteiger partial charge in [0.15, 0.2) is 12.8 Å². The van der Waals surface area contributed by atoms with Crippen molar-refractivity contribution in [3.8, 4) is 0 Å². The molecular weight excluding hydrogens is 190 g/mol. The molecular formula is C9H16ClNO2. The van der Waals surface area contributed by atoms with Crippen molar-refractivity contribution in [1.82, 2.24) is 0 Å². The van der Waals surface area contributed by atoms with E-state index in [1.54, 1.807) is 12.7 Å². The molecule has 0 aliphatic carbocycles. The van der Waals surface area contributed by atoms with Gasteiger partial charge in [-0.2, -0.15) is 4.57 Å². The van der Waals surface area contributed by atoms with E-state index in [1.807, 2.05) is 10.8 Å². The molecule has 13 heavy (non-hydrogen) atoms. The van der Waals surface area contributed by atoms with Crippen molar-refractivity contribution in [3.05, 3.63) is 18.9 Å². The molecule has 0 aliphatic rings. The molecule has 0 aliphatic heterocycles. The van der Waals surface area contributed by atoms with Crippen molar-refractivity contribution in [3.63, 3.8) is 0 Å². The molecule has 76 valence electrons. The van der Waals surface area contributed by atoms with E-state index in [0.29, 0.717) is 6.61 Å². The summed E-state index contributed by atoms with van der Waals surface area (Å²) in [6, 6.07) is 0. The molecule has 4 heteroatoms.